The molecule has 0 heterocycles. The first-order chi connectivity index (χ1) is 25.4. The van der Waals surface area contributed by atoms with E-state index < -0.39 is 0 Å². The fourth-order valence-corrected chi connectivity index (χ4v) is 6.72. The highest BCUT2D eigenvalue weighted by Crippen LogP contribution is 2.42. The molecule has 0 saturated carbocycles. The summed E-state index contributed by atoms with van der Waals surface area (Å²) in [4.78, 5) is 4.75. The number of rotatable bonds is 10. The van der Waals surface area contributed by atoms with Crippen LogP contribution in [0.2, 0.25) is 0 Å². The van der Waals surface area contributed by atoms with Crippen molar-refractivity contribution < 1.29 is 0 Å². The van der Waals surface area contributed by atoms with E-state index in [9.17, 15) is 0 Å². The number of nitrogens with zero attached hydrogens (tertiary/aromatic N) is 2. The van der Waals surface area contributed by atoms with Crippen LogP contribution in [0, 0.1) is 27.7 Å². The summed E-state index contributed by atoms with van der Waals surface area (Å²) < 4.78 is 0. The lowest BCUT2D eigenvalue weighted by atomic mass is 10.0. The Labute approximate surface area is 309 Å². The lowest BCUT2D eigenvalue weighted by molar-refractivity contribution is 1.21. The van der Waals surface area contributed by atoms with E-state index in [1.165, 1.54) is 33.4 Å². The predicted molar refractivity (Wildman–Crippen MR) is 225 cm³/mol. The molecule has 0 N–H and O–H groups in total. The van der Waals surface area contributed by atoms with Crippen molar-refractivity contribution in [2.24, 2.45) is 0 Å². The van der Waals surface area contributed by atoms with E-state index in [-0.39, 0.29) is 0 Å². The highest BCUT2D eigenvalue weighted by Gasteiger charge is 2.19. The normalized spacial score (nSPS) is 11.3. The summed E-state index contributed by atoms with van der Waals surface area (Å²) in [6.07, 6.45) is 8.67. The quantitative estimate of drug-likeness (QED) is 0.133. The van der Waals surface area contributed by atoms with Crippen molar-refractivity contribution in [3.05, 3.63) is 214 Å². The topological polar surface area (TPSA) is 6.48 Å². The zero-order valence-corrected chi connectivity index (χ0v) is 30.4. The maximum atomic E-state index is 2.38. The minimum Gasteiger partial charge on any atom is -0.310 e. The van der Waals surface area contributed by atoms with Crippen molar-refractivity contribution in [2.75, 3.05) is 9.80 Å². The van der Waals surface area contributed by atoms with Crippen LogP contribution in [0.4, 0.5) is 34.1 Å². The summed E-state index contributed by atoms with van der Waals surface area (Å²) in [7, 11) is 0. The molecule has 0 spiro atoms. The van der Waals surface area contributed by atoms with Gasteiger partial charge in [-0.1, -0.05) is 151 Å². The molecule has 0 saturated heterocycles. The van der Waals surface area contributed by atoms with E-state index >= 15 is 0 Å². The van der Waals surface area contributed by atoms with Gasteiger partial charge >= 0.3 is 0 Å². The van der Waals surface area contributed by atoms with E-state index in [0.717, 1.165) is 45.3 Å². The molecule has 0 aliphatic rings. The first-order valence-electron chi connectivity index (χ1n) is 17.9. The van der Waals surface area contributed by atoms with Gasteiger partial charge in [0.15, 0.2) is 0 Å². The van der Waals surface area contributed by atoms with Gasteiger partial charge in [0.05, 0.1) is 0 Å². The standard InChI is InChI=1S/C50H44N2/c1-37-18-32-49(39(3)34-37)51(45-28-24-43(25-29-45)22-20-41-12-7-5-8-13-41)47-16-11-17-48(36-47)52(50-33-19-38(2)35-40(50)4)46-30-26-44(27-31-46)23-21-42-14-9-6-10-15-42/h5-36H,1-4H3. The molecule has 2 heteroatoms. The van der Waals surface area contributed by atoms with E-state index in [2.05, 4.69) is 220 Å². The second-order valence-electron chi connectivity index (χ2n) is 13.4. The molecule has 2 nitrogen and oxygen atoms in total. The molecular weight excluding hydrogens is 629 g/mol. The van der Waals surface area contributed by atoms with E-state index in [0.29, 0.717) is 0 Å². The Morgan fingerprint density at radius 1 is 0.308 bits per heavy atom. The van der Waals surface area contributed by atoms with Gasteiger partial charge in [-0.05, 0) is 116 Å². The molecule has 0 unspecified atom stereocenters. The first-order valence-corrected chi connectivity index (χ1v) is 17.9. The number of anilines is 6. The highest BCUT2D eigenvalue weighted by molar-refractivity contribution is 5.85. The zero-order valence-electron chi connectivity index (χ0n) is 30.4. The van der Waals surface area contributed by atoms with Gasteiger partial charge in [-0.3, -0.25) is 0 Å². The van der Waals surface area contributed by atoms with Gasteiger partial charge < -0.3 is 9.80 Å². The van der Waals surface area contributed by atoms with Crippen LogP contribution in [-0.2, 0) is 0 Å². The minimum atomic E-state index is 1.09. The van der Waals surface area contributed by atoms with Gasteiger partial charge in [0.2, 0.25) is 0 Å². The molecule has 0 aliphatic carbocycles. The Kier molecular flexibility index (Phi) is 10.3. The number of hydrogen-bond donors (Lipinski definition) is 0. The van der Waals surface area contributed by atoms with Crippen LogP contribution in [0.1, 0.15) is 44.5 Å². The summed E-state index contributed by atoms with van der Waals surface area (Å²) in [5.41, 5.74) is 16.3. The summed E-state index contributed by atoms with van der Waals surface area (Å²) in [5, 5.41) is 0. The minimum absolute atomic E-state index is 1.09. The van der Waals surface area contributed by atoms with Crippen molar-refractivity contribution in [2.45, 2.75) is 27.7 Å². The summed E-state index contributed by atoms with van der Waals surface area (Å²) in [6, 6.07) is 60.9. The Hall–Kier alpha value is -6.38. The molecule has 52 heavy (non-hydrogen) atoms. The molecule has 0 radical (unpaired) electrons. The SMILES string of the molecule is Cc1ccc(N(c2ccc(C=Cc3ccccc3)cc2)c2cccc(N(c3ccc(C=Cc4ccccc4)cc3)c3ccc(C)cc3C)c2)c(C)c1. The Bertz CT molecular complexity index is 2150. The largest absolute Gasteiger partial charge is 0.310 e. The molecule has 0 aliphatic heterocycles. The zero-order chi connectivity index (χ0) is 35.9. The van der Waals surface area contributed by atoms with Crippen molar-refractivity contribution in [3.63, 3.8) is 0 Å². The highest BCUT2D eigenvalue weighted by atomic mass is 15.2. The molecule has 0 amide bonds. The van der Waals surface area contributed by atoms with Crippen LogP contribution < -0.4 is 9.80 Å². The predicted octanol–water partition coefficient (Wildman–Crippen LogP) is 14.2. The molecule has 0 bridgehead atoms. The van der Waals surface area contributed by atoms with Crippen LogP contribution in [0.3, 0.4) is 0 Å². The van der Waals surface area contributed by atoms with Crippen molar-refractivity contribution in [3.8, 4) is 0 Å². The second kappa shape index (κ2) is 15.7. The van der Waals surface area contributed by atoms with Crippen LogP contribution in [0.5, 0.6) is 0 Å². The van der Waals surface area contributed by atoms with E-state index in [1.54, 1.807) is 0 Å². The molecule has 7 aromatic carbocycles. The molecule has 0 aromatic heterocycles. The maximum absolute atomic E-state index is 2.38. The van der Waals surface area contributed by atoms with Crippen LogP contribution in [0.15, 0.2) is 170 Å². The Morgan fingerprint density at radius 2 is 0.673 bits per heavy atom. The fraction of sp³-hybridized carbons (Fsp3) is 0.0800. The molecule has 0 atom stereocenters. The molecule has 254 valence electrons. The van der Waals surface area contributed by atoms with Gasteiger partial charge in [-0.25, -0.2) is 0 Å². The monoisotopic (exact) mass is 672 g/mol. The van der Waals surface area contributed by atoms with Gasteiger partial charge in [-0.15, -0.1) is 0 Å². The molecule has 0 fully saturated rings. The molecule has 7 rings (SSSR count). The van der Waals surface area contributed by atoms with Crippen LogP contribution >= 0.6 is 0 Å². The maximum Gasteiger partial charge on any atom is 0.0490 e. The van der Waals surface area contributed by atoms with Crippen LogP contribution in [0.25, 0.3) is 24.3 Å². The number of hydrogen-bond acceptors (Lipinski definition) is 2. The van der Waals surface area contributed by atoms with Crippen LogP contribution in [-0.4, -0.2) is 0 Å². The van der Waals surface area contributed by atoms with Gasteiger partial charge in [0.1, 0.15) is 0 Å². The average molecular weight is 673 g/mol. The number of aryl methyl sites for hydroxylation is 4. The third-order valence-corrected chi connectivity index (χ3v) is 9.37. The van der Waals surface area contributed by atoms with Crippen molar-refractivity contribution in [1.29, 1.82) is 0 Å². The van der Waals surface area contributed by atoms with Crippen molar-refractivity contribution in [1.82, 2.24) is 0 Å². The molecular formula is C50H44N2. The third kappa shape index (κ3) is 7.98. The summed E-state index contributed by atoms with van der Waals surface area (Å²) >= 11 is 0. The van der Waals surface area contributed by atoms with E-state index in [4.69, 9.17) is 0 Å². The summed E-state index contributed by atoms with van der Waals surface area (Å²) in [5.74, 6) is 0. The lowest BCUT2D eigenvalue weighted by Gasteiger charge is -2.31. The fourth-order valence-electron chi connectivity index (χ4n) is 6.72. The average Bonchev–Trinajstić information content (AvgIpc) is 3.17. The van der Waals surface area contributed by atoms with E-state index in [1.807, 2.05) is 12.1 Å². The van der Waals surface area contributed by atoms with Gasteiger partial charge in [-0.2, -0.15) is 0 Å². The summed E-state index contributed by atoms with van der Waals surface area (Å²) in [6.45, 7) is 8.71. The lowest BCUT2D eigenvalue weighted by Crippen LogP contribution is -2.14. The van der Waals surface area contributed by atoms with Gasteiger partial charge in [0.25, 0.3) is 0 Å². The van der Waals surface area contributed by atoms with Gasteiger partial charge in [0, 0.05) is 34.1 Å². The second-order valence-corrected chi connectivity index (χ2v) is 13.4. The first kappa shape index (κ1) is 34.1. The molecule has 7 aromatic rings. The smallest absolute Gasteiger partial charge is 0.0490 e. The Morgan fingerprint density at radius 3 is 1.04 bits per heavy atom. The Balaban J connectivity index is 1.29. The number of benzene rings is 7. The van der Waals surface area contributed by atoms with Crippen molar-refractivity contribution >= 4 is 58.4 Å². The third-order valence-electron chi connectivity index (χ3n) is 9.37.